The van der Waals surface area contributed by atoms with Gasteiger partial charge in [-0.05, 0) is 44.2 Å². The smallest absolute Gasteiger partial charge is 0.361 e. The van der Waals surface area contributed by atoms with Crippen LogP contribution >= 0.6 is 0 Å². The standard InChI is InChI=1S/C20H19N3O5/c1-4-27-20(25)18-17(21-23-22-18)14-9-10-15(16(11-14)26-3)28-19(24)13-7-5-12(2)6-8-13/h5-11H,4H2,1-3H3,(H,21,22,23). The van der Waals surface area contributed by atoms with E-state index in [1.54, 1.807) is 37.3 Å². The molecule has 1 N–H and O–H groups in total. The van der Waals surface area contributed by atoms with Crippen molar-refractivity contribution in [3.8, 4) is 22.8 Å². The molecule has 0 aliphatic rings. The Morgan fingerprint density at radius 3 is 2.43 bits per heavy atom. The molecule has 1 heterocycles. The maximum Gasteiger partial charge on any atom is 0.361 e. The van der Waals surface area contributed by atoms with Crippen molar-refractivity contribution < 1.29 is 23.8 Å². The number of aryl methyl sites for hydroxylation is 1. The number of nitrogens with zero attached hydrogens (tertiary/aromatic N) is 2. The van der Waals surface area contributed by atoms with Crippen LogP contribution in [0.2, 0.25) is 0 Å². The lowest BCUT2D eigenvalue weighted by Gasteiger charge is -2.11. The number of rotatable bonds is 6. The molecular weight excluding hydrogens is 362 g/mol. The number of esters is 2. The zero-order valence-corrected chi connectivity index (χ0v) is 15.7. The number of carbonyl (C=O) groups is 2. The van der Waals surface area contributed by atoms with Crippen molar-refractivity contribution in [2.45, 2.75) is 13.8 Å². The van der Waals surface area contributed by atoms with Gasteiger partial charge in [0.2, 0.25) is 0 Å². The molecule has 0 amide bonds. The number of hydrogen-bond donors (Lipinski definition) is 1. The van der Waals surface area contributed by atoms with Crippen LogP contribution in [0.25, 0.3) is 11.3 Å². The Balaban J connectivity index is 1.87. The molecule has 0 saturated heterocycles. The second-order valence-corrected chi connectivity index (χ2v) is 5.86. The second kappa shape index (κ2) is 8.34. The number of aromatic nitrogens is 3. The Hall–Kier alpha value is -3.68. The van der Waals surface area contributed by atoms with E-state index in [4.69, 9.17) is 14.2 Å². The molecule has 0 atom stereocenters. The van der Waals surface area contributed by atoms with Crippen molar-refractivity contribution >= 4 is 11.9 Å². The molecule has 0 bridgehead atoms. The van der Waals surface area contributed by atoms with Gasteiger partial charge in [-0.25, -0.2) is 9.59 Å². The molecule has 2 aromatic carbocycles. The highest BCUT2D eigenvalue weighted by Gasteiger charge is 2.21. The van der Waals surface area contributed by atoms with Crippen LogP contribution in [0.4, 0.5) is 0 Å². The molecule has 3 rings (SSSR count). The van der Waals surface area contributed by atoms with Crippen LogP contribution in [0.1, 0.15) is 33.3 Å². The van der Waals surface area contributed by atoms with Crippen molar-refractivity contribution in [3.63, 3.8) is 0 Å². The molecule has 144 valence electrons. The molecule has 0 fully saturated rings. The van der Waals surface area contributed by atoms with E-state index in [2.05, 4.69) is 15.4 Å². The first-order chi connectivity index (χ1) is 13.5. The van der Waals surface area contributed by atoms with Crippen molar-refractivity contribution in [3.05, 3.63) is 59.3 Å². The lowest BCUT2D eigenvalue weighted by Crippen LogP contribution is -2.09. The lowest BCUT2D eigenvalue weighted by atomic mass is 10.1. The molecule has 1 aromatic heterocycles. The number of hydrogen-bond acceptors (Lipinski definition) is 7. The quantitative estimate of drug-likeness (QED) is 0.516. The molecule has 8 heteroatoms. The van der Waals surface area contributed by atoms with Crippen molar-refractivity contribution in [1.29, 1.82) is 0 Å². The summed E-state index contributed by atoms with van der Waals surface area (Å²) < 4.78 is 15.8. The van der Waals surface area contributed by atoms with Gasteiger partial charge < -0.3 is 14.2 Å². The molecule has 28 heavy (non-hydrogen) atoms. The predicted octanol–water partition coefficient (Wildman–Crippen LogP) is 3.18. The average molecular weight is 381 g/mol. The Bertz CT molecular complexity index is 995. The van der Waals surface area contributed by atoms with Crippen molar-refractivity contribution in [2.75, 3.05) is 13.7 Å². The first-order valence-electron chi connectivity index (χ1n) is 8.58. The Morgan fingerprint density at radius 1 is 1.00 bits per heavy atom. The summed E-state index contributed by atoms with van der Waals surface area (Å²) in [4.78, 5) is 24.4. The lowest BCUT2D eigenvalue weighted by molar-refractivity contribution is 0.0520. The van der Waals surface area contributed by atoms with E-state index in [9.17, 15) is 9.59 Å². The van der Waals surface area contributed by atoms with Gasteiger partial charge in [-0.2, -0.15) is 10.3 Å². The summed E-state index contributed by atoms with van der Waals surface area (Å²) in [6.07, 6.45) is 0. The molecule has 3 aromatic rings. The summed E-state index contributed by atoms with van der Waals surface area (Å²) in [5, 5.41) is 10.3. The van der Waals surface area contributed by atoms with Gasteiger partial charge in [0.25, 0.3) is 0 Å². The average Bonchev–Trinajstić information content (AvgIpc) is 3.19. The number of nitrogens with one attached hydrogen (secondary N) is 1. The molecule has 8 nitrogen and oxygen atoms in total. The van der Waals surface area contributed by atoms with Gasteiger partial charge in [-0.3, -0.25) is 0 Å². The van der Waals surface area contributed by atoms with E-state index in [0.29, 0.717) is 22.6 Å². The summed E-state index contributed by atoms with van der Waals surface area (Å²) in [7, 11) is 1.46. The number of carbonyl (C=O) groups excluding carboxylic acids is 2. The van der Waals surface area contributed by atoms with Crippen LogP contribution in [-0.4, -0.2) is 41.1 Å². The third-order valence-electron chi connectivity index (χ3n) is 3.94. The number of aromatic amines is 1. The molecular formula is C20H19N3O5. The maximum absolute atomic E-state index is 12.4. The van der Waals surface area contributed by atoms with E-state index in [1.165, 1.54) is 7.11 Å². The molecule has 0 saturated carbocycles. The summed E-state index contributed by atoms with van der Waals surface area (Å²) in [6, 6.07) is 11.9. The number of benzene rings is 2. The zero-order chi connectivity index (χ0) is 20.1. The summed E-state index contributed by atoms with van der Waals surface area (Å²) in [6.45, 7) is 3.87. The third kappa shape index (κ3) is 4.01. The van der Waals surface area contributed by atoms with Crippen LogP contribution in [0.3, 0.4) is 0 Å². The van der Waals surface area contributed by atoms with Crippen molar-refractivity contribution in [2.24, 2.45) is 0 Å². The minimum Gasteiger partial charge on any atom is -0.493 e. The maximum atomic E-state index is 12.4. The summed E-state index contributed by atoms with van der Waals surface area (Å²) >= 11 is 0. The van der Waals surface area contributed by atoms with Gasteiger partial charge in [0.15, 0.2) is 17.2 Å². The number of methoxy groups -OCH3 is 1. The predicted molar refractivity (Wildman–Crippen MR) is 100 cm³/mol. The normalized spacial score (nSPS) is 10.4. The highest BCUT2D eigenvalue weighted by molar-refractivity contribution is 5.94. The number of H-pyrrole nitrogens is 1. The highest BCUT2D eigenvalue weighted by Crippen LogP contribution is 2.33. The topological polar surface area (TPSA) is 103 Å². The van der Waals surface area contributed by atoms with Gasteiger partial charge >= 0.3 is 11.9 Å². The Morgan fingerprint density at radius 2 is 1.75 bits per heavy atom. The fraction of sp³-hybridized carbons (Fsp3) is 0.200. The SMILES string of the molecule is CCOC(=O)c1n[nH]nc1-c1ccc(OC(=O)c2ccc(C)cc2)c(OC)c1. The highest BCUT2D eigenvalue weighted by atomic mass is 16.6. The minimum atomic E-state index is -0.583. The van der Waals surface area contributed by atoms with Gasteiger partial charge in [0.05, 0.1) is 19.3 Å². The fourth-order valence-electron chi connectivity index (χ4n) is 2.52. The van der Waals surface area contributed by atoms with Crippen LogP contribution in [0, 0.1) is 6.92 Å². The monoisotopic (exact) mass is 381 g/mol. The molecule has 0 unspecified atom stereocenters. The second-order valence-electron chi connectivity index (χ2n) is 5.86. The summed E-state index contributed by atoms with van der Waals surface area (Å²) in [5.74, 6) is -0.520. The Kier molecular flexibility index (Phi) is 5.69. The first kappa shape index (κ1) is 19.1. The van der Waals surface area contributed by atoms with E-state index >= 15 is 0 Å². The van der Waals surface area contributed by atoms with Crippen molar-refractivity contribution in [1.82, 2.24) is 15.4 Å². The van der Waals surface area contributed by atoms with Gasteiger partial charge in [-0.15, -0.1) is 5.10 Å². The van der Waals surface area contributed by atoms with Crippen LogP contribution in [0.5, 0.6) is 11.5 Å². The molecule has 0 radical (unpaired) electrons. The largest absolute Gasteiger partial charge is 0.493 e. The molecule has 0 aliphatic carbocycles. The van der Waals surface area contributed by atoms with Gasteiger partial charge in [0, 0.05) is 5.56 Å². The van der Waals surface area contributed by atoms with E-state index < -0.39 is 11.9 Å². The third-order valence-corrected chi connectivity index (χ3v) is 3.94. The minimum absolute atomic E-state index is 0.0632. The van der Waals surface area contributed by atoms with E-state index in [-0.39, 0.29) is 18.1 Å². The molecule has 0 aliphatic heterocycles. The summed E-state index contributed by atoms with van der Waals surface area (Å²) in [5.41, 5.74) is 2.41. The van der Waals surface area contributed by atoms with Crippen LogP contribution < -0.4 is 9.47 Å². The molecule has 0 spiro atoms. The number of ether oxygens (including phenoxy) is 3. The Labute approximate surface area is 161 Å². The van der Waals surface area contributed by atoms with Crippen LogP contribution in [-0.2, 0) is 4.74 Å². The van der Waals surface area contributed by atoms with Gasteiger partial charge in [0.1, 0.15) is 5.69 Å². The first-order valence-corrected chi connectivity index (χ1v) is 8.58. The van der Waals surface area contributed by atoms with E-state index in [1.807, 2.05) is 19.1 Å². The fourth-order valence-corrected chi connectivity index (χ4v) is 2.52. The van der Waals surface area contributed by atoms with Gasteiger partial charge in [-0.1, -0.05) is 17.7 Å². The van der Waals surface area contributed by atoms with E-state index in [0.717, 1.165) is 5.56 Å². The zero-order valence-electron chi connectivity index (χ0n) is 15.7. The van der Waals surface area contributed by atoms with Crippen LogP contribution in [0.15, 0.2) is 42.5 Å².